The molecule has 3 heterocycles. The standard InChI is InChI=1S/C20H26ClN3.C14H17ClO2.C13H17ClN2O.C8H15NO.H4N2/c21-17-11-9-16(10-12-17)20(13-5-3-6-14-20)19-23-22-18-8-4-1-2-7-15-24(18)19;1-17-13(16)14(9-3-2-4-10-14)11-5-7-12(15)8-6-11;14-11-6-4-10(5-7-11)13(12(17)16-15)8-2-1-3-9-13;1-10-8-6-4-2-3-5-7-9-8;1-2/h9-12H,1-8,13-15H2;5-8H,2-4,9-10H2,1H3;4-7H,1-3,8-9,15H2,(H,16,17);2-7H2,1H3;1-2H2. The van der Waals surface area contributed by atoms with Gasteiger partial charge in [-0.2, -0.15) is 0 Å². The number of ether oxygens (including phenoxy) is 2. The number of amides is 1. The van der Waals surface area contributed by atoms with Gasteiger partial charge in [0.2, 0.25) is 5.91 Å². The zero-order chi connectivity index (χ0) is 50.2. The van der Waals surface area contributed by atoms with Crippen LogP contribution in [-0.2, 0) is 48.3 Å². The molecule has 0 bridgehead atoms. The van der Waals surface area contributed by atoms with Gasteiger partial charge in [-0.3, -0.25) is 31.7 Å². The summed E-state index contributed by atoms with van der Waals surface area (Å²) in [6.07, 6.45) is 28.8. The Morgan fingerprint density at radius 2 is 1.00 bits per heavy atom. The van der Waals surface area contributed by atoms with Gasteiger partial charge in [0.05, 0.1) is 30.5 Å². The number of nitrogens with one attached hydrogen (secondary N) is 1. The maximum absolute atomic E-state index is 12.1. The van der Waals surface area contributed by atoms with Crippen LogP contribution in [0.25, 0.3) is 0 Å². The number of esters is 1. The van der Waals surface area contributed by atoms with E-state index >= 15 is 0 Å². The Kier molecular flexibility index (Phi) is 23.9. The van der Waals surface area contributed by atoms with Crippen LogP contribution in [0.4, 0.5) is 0 Å². The zero-order valence-corrected chi connectivity index (χ0v) is 44.1. The van der Waals surface area contributed by atoms with Crippen molar-refractivity contribution in [1.29, 1.82) is 0 Å². The molecule has 15 heteroatoms. The van der Waals surface area contributed by atoms with E-state index in [9.17, 15) is 9.59 Å². The Morgan fingerprint density at radius 3 is 1.51 bits per heavy atom. The Labute approximate surface area is 432 Å². The molecule has 0 spiro atoms. The summed E-state index contributed by atoms with van der Waals surface area (Å²) in [4.78, 5) is 28.5. The molecule has 0 radical (unpaired) electrons. The van der Waals surface area contributed by atoms with E-state index < -0.39 is 10.8 Å². The lowest BCUT2D eigenvalue weighted by Gasteiger charge is -2.37. The fourth-order valence-corrected chi connectivity index (χ4v) is 11.6. The third-order valence-corrected chi connectivity index (χ3v) is 15.8. The summed E-state index contributed by atoms with van der Waals surface area (Å²) in [5, 5.41) is 11.6. The van der Waals surface area contributed by atoms with Gasteiger partial charge in [0, 0.05) is 41.0 Å². The molecule has 2 aliphatic heterocycles. The average Bonchev–Trinajstić information content (AvgIpc) is 3.79. The molecular weight excluding hydrogens is 943 g/mol. The Hall–Kier alpha value is -4.04. The van der Waals surface area contributed by atoms with Gasteiger partial charge in [-0.1, -0.05) is 155 Å². The van der Waals surface area contributed by atoms with Crippen LogP contribution in [0.3, 0.4) is 0 Å². The molecule has 3 fully saturated rings. The molecule has 0 saturated heterocycles. The highest BCUT2D eigenvalue weighted by Crippen LogP contribution is 2.45. The molecule has 9 rings (SSSR count). The molecule has 70 heavy (non-hydrogen) atoms. The van der Waals surface area contributed by atoms with Crippen molar-refractivity contribution in [3.8, 4) is 0 Å². The molecule has 7 N–H and O–H groups in total. The van der Waals surface area contributed by atoms with Crippen molar-refractivity contribution in [1.82, 2.24) is 20.2 Å². The first-order valence-corrected chi connectivity index (χ1v) is 26.9. The minimum absolute atomic E-state index is 0.0211. The highest BCUT2D eigenvalue weighted by Gasteiger charge is 2.43. The van der Waals surface area contributed by atoms with Gasteiger partial charge in [-0.25, -0.2) is 5.84 Å². The molecule has 5 aliphatic rings. The Morgan fingerprint density at radius 1 is 0.557 bits per heavy atom. The zero-order valence-electron chi connectivity index (χ0n) is 41.8. The lowest BCUT2D eigenvalue weighted by atomic mass is 9.68. The quantitative estimate of drug-likeness (QED) is 0.0631. The van der Waals surface area contributed by atoms with Gasteiger partial charge < -0.3 is 14.0 Å². The van der Waals surface area contributed by atoms with Crippen LogP contribution in [0.5, 0.6) is 0 Å². The van der Waals surface area contributed by atoms with E-state index in [1.807, 2.05) is 60.7 Å². The van der Waals surface area contributed by atoms with Crippen LogP contribution < -0.4 is 23.0 Å². The van der Waals surface area contributed by atoms with E-state index in [1.54, 1.807) is 7.11 Å². The number of carbonyl (C=O) groups excluding carboxylic acids is 2. The third kappa shape index (κ3) is 15.0. The normalized spacial score (nSPS) is 19.3. The number of aryl methyl sites for hydroxylation is 1. The fourth-order valence-electron chi connectivity index (χ4n) is 11.2. The largest absolute Gasteiger partial charge is 0.484 e. The van der Waals surface area contributed by atoms with Gasteiger partial charge in [0.1, 0.15) is 11.6 Å². The van der Waals surface area contributed by atoms with Crippen molar-refractivity contribution < 1.29 is 19.1 Å². The number of halogens is 3. The summed E-state index contributed by atoms with van der Waals surface area (Å²) >= 11 is 17.9. The van der Waals surface area contributed by atoms with Gasteiger partial charge in [0.25, 0.3) is 0 Å². The number of nitrogens with zero attached hydrogens (tertiary/aromatic N) is 4. The van der Waals surface area contributed by atoms with E-state index in [0.29, 0.717) is 10.0 Å². The molecule has 0 atom stereocenters. The second-order valence-electron chi connectivity index (χ2n) is 19.3. The molecule has 3 aromatic carbocycles. The van der Waals surface area contributed by atoms with Crippen LogP contribution in [-0.4, -0.2) is 53.3 Å². The average molecular weight is 1020 g/mol. The molecule has 1 amide bonds. The van der Waals surface area contributed by atoms with Crippen LogP contribution in [0.2, 0.25) is 15.1 Å². The maximum atomic E-state index is 12.1. The molecule has 3 saturated carbocycles. The number of aliphatic imine (C=N–C) groups is 1. The number of nitrogens with two attached hydrogens (primary N) is 3. The smallest absolute Gasteiger partial charge is 0.316 e. The number of fused-ring (bicyclic) bond motifs is 1. The van der Waals surface area contributed by atoms with Crippen LogP contribution in [0.15, 0.2) is 77.8 Å². The fraction of sp³-hybridized carbons (Fsp3) is 0.582. The van der Waals surface area contributed by atoms with Crippen molar-refractivity contribution in [2.75, 3.05) is 20.8 Å². The lowest BCUT2D eigenvalue weighted by molar-refractivity contribution is -0.149. The van der Waals surface area contributed by atoms with E-state index in [-0.39, 0.29) is 17.3 Å². The first-order valence-electron chi connectivity index (χ1n) is 25.8. The number of hydrazine groups is 2. The molecule has 12 nitrogen and oxygen atoms in total. The molecule has 1 aromatic heterocycles. The number of hydrogen-bond donors (Lipinski definition) is 4. The van der Waals surface area contributed by atoms with Gasteiger partial charge >= 0.3 is 5.97 Å². The van der Waals surface area contributed by atoms with Crippen LogP contribution >= 0.6 is 34.8 Å². The molecule has 3 aliphatic carbocycles. The second kappa shape index (κ2) is 29.5. The monoisotopic (exact) mass is 1020 g/mol. The van der Waals surface area contributed by atoms with E-state index in [2.05, 4.69) is 43.9 Å². The lowest BCUT2D eigenvalue weighted by Crippen LogP contribution is -2.48. The summed E-state index contributed by atoms with van der Waals surface area (Å²) in [6, 6.07) is 23.6. The van der Waals surface area contributed by atoms with Crippen LogP contribution in [0, 0.1) is 0 Å². The highest BCUT2D eigenvalue weighted by molar-refractivity contribution is 6.31. The summed E-state index contributed by atoms with van der Waals surface area (Å²) in [5.74, 6) is 16.5. The number of hydrogen-bond acceptors (Lipinski definition) is 10. The first kappa shape index (κ1) is 56.9. The minimum Gasteiger partial charge on any atom is -0.484 e. The first-order chi connectivity index (χ1) is 34.1. The molecule has 384 valence electrons. The van der Waals surface area contributed by atoms with Crippen molar-refractivity contribution in [2.45, 2.75) is 183 Å². The van der Waals surface area contributed by atoms with E-state index in [1.165, 1.54) is 121 Å². The van der Waals surface area contributed by atoms with Crippen molar-refractivity contribution >= 4 is 52.6 Å². The minimum atomic E-state index is -0.461. The number of methoxy groups -OCH3 is 2. The number of rotatable bonds is 6. The molecule has 0 unspecified atom stereocenters. The summed E-state index contributed by atoms with van der Waals surface area (Å²) in [6.45, 7) is 2.04. The van der Waals surface area contributed by atoms with Crippen LogP contribution in [0.1, 0.15) is 182 Å². The predicted molar refractivity (Wildman–Crippen MR) is 285 cm³/mol. The van der Waals surface area contributed by atoms with Gasteiger partial charge in [-0.15, -0.1) is 10.2 Å². The van der Waals surface area contributed by atoms with E-state index in [0.717, 1.165) is 99.3 Å². The molecule has 4 aromatic rings. The van der Waals surface area contributed by atoms with Crippen molar-refractivity contribution in [2.24, 2.45) is 22.5 Å². The predicted octanol–water partition coefficient (Wildman–Crippen LogP) is 12.4. The van der Waals surface area contributed by atoms with Gasteiger partial charge in [0.15, 0.2) is 5.90 Å². The Bertz CT molecular complexity index is 2100. The topological polar surface area (TPSA) is 186 Å². The molecular formula is C55H79Cl3N8O4. The second-order valence-corrected chi connectivity index (χ2v) is 20.6. The highest BCUT2D eigenvalue weighted by atomic mass is 35.5. The van der Waals surface area contributed by atoms with Gasteiger partial charge in [-0.05, 0) is 117 Å². The van der Waals surface area contributed by atoms with Crippen molar-refractivity contribution in [3.63, 3.8) is 0 Å². The number of carbonyl (C=O) groups is 2. The van der Waals surface area contributed by atoms with E-state index in [4.69, 9.17) is 55.2 Å². The maximum Gasteiger partial charge on any atom is 0.316 e. The van der Waals surface area contributed by atoms with Crippen molar-refractivity contribution in [3.05, 3.63) is 116 Å². The number of aromatic nitrogens is 3. The Balaban J connectivity index is 0.000000179. The summed E-state index contributed by atoms with van der Waals surface area (Å²) in [5.41, 5.74) is 4.85. The summed E-state index contributed by atoms with van der Waals surface area (Å²) in [7, 11) is 3.18. The third-order valence-electron chi connectivity index (χ3n) is 15.1. The number of benzene rings is 3. The SMILES string of the molecule is COC(=O)C1(c2ccc(Cl)cc2)CCCCC1.COC1=NCCCCCC1.Clc1ccc(C2(c3nnc4n3CCCCCC4)CCCCC2)cc1.NN.NNC(=O)C1(c2ccc(Cl)cc2)CCCCC1. The summed E-state index contributed by atoms with van der Waals surface area (Å²) < 4.78 is 12.5.